The Kier molecular flexibility index (Phi) is 4.76. The van der Waals surface area contributed by atoms with Gasteiger partial charge in [-0.15, -0.1) is 11.3 Å². The fourth-order valence-corrected chi connectivity index (χ4v) is 3.32. The van der Waals surface area contributed by atoms with Crippen LogP contribution in [0.1, 0.15) is 32.1 Å². The van der Waals surface area contributed by atoms with E-state index < -0.39 is 18.4 Å². The molecule has 0 bridgehead atoms. The highest BCUT2D eigenvalue weighted by Crippen LogP contribution is 2.22. The van der Waals surface area contributed by atoms with Crippen molar-refractivity contribution in [1.29, 1.82) is 0 Å². The lowest BCUT2D eigenvalue weighted by molar-refractivity contribution is 0.0474. The van der Waals surface area contributed by atoms with Crippen LogP contribution >= 0.6 is 11.3 Å². The Bertz CT molecular complexity index is 932. The summed E-state index contributed by atoms with van der Waals surface area (Å²) in [5.41, 5.74) is 2.15. The molecule has 0 aliphatic heterocycles. The average molecular weight is 358 g/mol. The molecule has 0 fully saturated rings. The van der Waals surface area contributed by atoms with Gasteiger partial charge in [-0.1, -0.05) is 6.07 Å². The zero-order valence-corrected chi connectivity index (χ0v) is 14.5. The molecule has 0 aliphatic carbocycles. The van der Waals surface area contributed by atoms with Crippen LogP contribution in [-0.2, 0) is 4.74 Å². The molecule has 128 valence electrons. The van der Waals surface area contributed by atoms with Crippen molar-refractivity contribution < 1.29 is 18.7 Å². The van der Waals surface area contributed by atoms with Gasteiger partial charge in [-0.25, -0.2) is 14.2 Å². The summed E-state index contributed by atoms with van der Waals surface area (Å²) < 4.78 is 20.0. The number of halogens is 1. The first-order chi connectivity index (χ1) is 12.0. The van der Waals surface area contributed by atoms with Crippen molar-refractivity contribution in [3.8, 4) is 5.13 Å². The van der Waals surface area contributed by atoms with Gasteiger partial charge < -0.3 is 4.74 Å². The molecule has 2 heterocycles. The SMILES string of the molecule is Cc1cc(C(=O)COC(=O)c2cccc(F)c2)c(C)n1-c1nccs1. The first kappa shape index (κ1) is 17.0. The van der Waals surface area contributed by atoms with E-state index in [1.54, 1.807) is 12.3 Å². The molecule has 25 heavy (non-hydrogen) atoms. The third-order valence-electron chi connectivity index (χ3n) is 3.74. The van der Waals surface area contributed by atoms with Crippen LogP contribution < -0.4 is 0 Å². The number of aromatic nitrogens is 2. The quantitative estimate of drug-likeness (QED) is 0.515. The predicted octanol–water partition coefficient (Wildman–Crippen LogP) is 3.73. The van der Waals surface area contributed by atoms with E-state index in [0.29, 0.717) is 5.56 Å². The summed E-state index contributed by atoms with van der Waals surface area (Å²) in [6.07, 6.45) is 1.70. The van der Waals surface area contributed by atoms with Gasteiger partial charge in [-0.2, -0.15) is 0 Å². The number of aryl methyl sites for hydroxylation is 1. The van der Waals surface area contributed by atoms with Crippen LogP contribution in [0.5, 0.6) is 0 Å². The first-order valence-electron chi connectivity index (χ1n) is 7.52. The average Bonchev–Trinajstić information content (AvgIpc) is 3.20. The lowest BCUT2D eigenvalue weighted by Crippen LogP contribution is -2.15. The number of esters is 1. The highest BCUT2D eigenvalue weighted by molar-refractivity contribution is 7.12. The summed E-state index contributed by atoms with van der Waals surface area (Å²) >= 11 is 1.47. The van der Waals surface area contributed by atoms with E-state index in [1.807, 2.05) is 23.8 Å². The van der Waals surface area contributed by atoms with E-state index in [-0.39, 0.29) is 11.3 Å². The fourth-order valence-electron chi connectivity index (χ4n) is 2.57. The molecular formula is C18H15FN2O3S. The highest BCUT2D eigenvalue weighted by atomic mass is 32.1. The number of carbonyl (C=O) groups excluding carboxylic acids is 2. The number of carbonyl (C=O) groups is 2. The van der Waals surface area contributed by atoms with Gasteiger partial charge in [0.25, 0.3) is 0 Å². The molecule has 7 heteroatoms. The van der Waals surface area contributed by atoms with Crippen LogP contribution in [-0.4, -0.2) is 27.9 Å². The third-order valence-corrected chi connectivity index (χ3v) is 4.49. The van der Waals surface area contributed by atoms with Gasteiger partial charge in [-0.3, -0.25) is 9.36 Å². The van der Waals surface area contributed by atoms with Crippen molar-refractivity contribution in [2.24, 2.45) is 0 Å². The minimum Gasteiger partial charge on any atom is -0.454 e. The summed E-state index contributed by atoms with van der Waals surface area (Å²) in [5.74, 6) is -1.59. The Morgan fingerprint density at radius 1 is 1.28 bits per heavy atom. The highest BCUT2D eigenvalue weighted by Gasteiger charge is 2.19. The number of nitrogens with zero attached hydrogens (tertiary/aromatic N) is 2. The molecule has 0 saturated carbocycles. The van der Waals surface area contributed by atoms with E-state index in [0.717, 1.165) is 22.6 Å². The molecule has 0 saturated heterocycles. The third kappa shape index (κ3) is 3.51. The molecule has 0 spiro atoms. The van der Waals surface area contributed by atoms with Gasteiger partial charge in [0.05, 0.1) is 5.56 Å². The number of hydrogen-bond acceptors (Lipinski definition) is 5. The second-order valence-electron chi connectivity index (χ2n) is 5.44. The zero-order chi connectivity index (χ0) is 18.0. The first-order valence-corrected chi connectivity index (χ1v) is 8.40. The van der Waals surface area contributed by atoms with Crippen molar-refractivity contribution >= 4 is 23.1 Å². The van der Waals surface area contributed by atoms with Crippen LogP contribution in [0.4, 0.5) is 4.39 Å². The van der Waals surface area contributed by atoms with Gasteiger partial charge >= 0.3 is 5.97 Å². The van der Waals surface area contributed by atoms with Crippen molar-refractivity contribution in [1.82, 2.24) is 9.55 Å². The molecule has 5 nitrogen and oxygen atoms in total. The molecule has 0 atom stereocenters. The van der Waals surface area contributed by atoms with Gasteiger partial charge in [0.1, 0.15) is 5.82 Å². The van der Waals surface area contributed by atoms with E-state index >= 15 is 0 Å². The maximum atomic E-state index is 13.1. The molecule has 0 radical (unpaired) electrons. The minimum atomic E-state index is -0.735. The maximum Gasteiger partial charge on any atom is 0.338 e. The number of hydrogen-bond donors (Lipinski definition) is 0. The largest absolute Gasteiger partial charge is 0.454 e. The van der Waals surface area contributed by atoms with Gasteiger partial charge in [-0.05, 0) is 38.1 Å². The Labute approximate surface area is 147 Å². The smallest absolute Gasteiger partial charge is 0.338 e. The minimum absolute atomic E-state index is 0.0704. The Hall–Kier alpha value is -2.80. The van der Waals surface area contributed by atoms with E-state index in [4.69, 9.17) is 4.74 Å². The van der Waals surface area contributed by atoms with Gasteiger partial charge in [0.2, 0.25) is 5.78 Å². The summed E-state index contributed by atoms with van der Waals surface area (Å²) in [4.78, 5) is 28.6. The maximum absolute atomic E-state index is 13.1. The molecule has 0 unspecified atom stereocenters. The number of benzene rings is 1. The molecular weight excluding hydrogens is 343 g/mol. The summed E-state index contributed by atoms with van der Waals surface area (Å²) in [6, 6.07) is 6.89. The van der Waals surface area contributed by atoms with Crippen molar-refractivity contribution in [3.05, 3.63) is 70.2 Å². The topological polar surface area (TPSA) is 61.2 Å². The Balaban J connectivity index is 1.74. The summed E-state index contributed by atoms with van der Waals surface area (Å²) in [5, 5.41) is 2.63. The number of Topliss-reactive ketones (excluding diaryl/α,β-unsaturated/α-hetero) is 1. The number of ketones is 1. The van der Waals surface area contributed by atoms with Crippen LogP contribution in [0.15, 0.2) is 41.9 Å². The number of thiazole rings is 1. The second-order valence-corrected chi connectivity index (χ2v) is 6.32. The number of ether oxygens (including phenoxy) is 1. The molecule has 0 aliphatic rings. The van der Waals surface area contributed by atoms with Crippen LogP contribution in [0.25, 0.3) is 5.13 Å². The standard InChI is InChI=1S/C18H15FN2O3S/c1-11-8-15(12(2)21(11)18-20-6-7-25-18)16(22)10-24-17(23)13-4-3-5-14(19)9-13/h3-9H,10H2,1-2H3. The van der Waals surface area contributed by atoms with Gasteiger partial charge in [0, 0.05) is 28.5 Å². The van der Waals surface area contributed by atoms with Crippen LogP contribution in [0, 0.1) is 19.7 Å². The lowest BCUT2D eigenvalue weighted by atomic mass is 10.1. The van der Waals surface area contributed by atoms with Crippen LogP contribution in [0.2, 0.25) is 0 Å². The molecule has 0 N–H and O–H groups in total. The van der Waals surface area contributed by atoms with Crippen LogP contribution in [0.3, 0.4) is 0 Å². The molecule has 0 amide bonds. The Morgan fingerprint density at radius 3 is 2.76 bits per heavy atom. The van der Waals surface area contributed by atoms with E-state index in [1.165, 1.54) is 29.5 Å². The Morgan fingerprint density at radius 2 is 2.08 bits per heavy atom. The monoisotopic (exact) mass is 358 g/mol. The lowest BCUT2D eigenvalue weighted by Gasteiger charge is -2.06. The summed E-state index contributed by atoms with van der Waals surface area (Å²) in [6.45, 7) is 3.29. The van der Waals surface area contributed by atoms with E-state index in [9.17, 15) is 14.0 Å². The van der Waals surface area contributed by atoms with Gasteiger partial charge in [0.15, 0.2) is 11.7 Å². The summed E-state index contributed by atoms with van der Waals surface area (Å²) in [7, 11) is 0. The fraction of sp³-hybridized carbons (Fsp3) is 0.167. The molecule has 2 aromatic heterocycles. The zero-order valence-electron chi connectivity index (χ0n) is 13.7. The molecule has 3 rings (SSSR count). The van der Waals surface area contributed by atoms with E-state index in [2.05, 4.69) is 4.98 Å². The van der Waals surface area contributed by atoms with Crippen molar-refractivity contribution in [2.75, 3.05) is 6.61 Å². The predicted molar refractivity (Wildman–Crippen MR) is 91.9 cm³/mol. The second kappa shape index (κ2) is 6.98. The molecule has 3 aromatic rings. The van der Waals surface area contributed by atoms with Crippen molar-refractivity contribution in [2.45, 2.75) is 13.8 Å². The number of rotatable bonds is 5. The molecule has 1 aromatic carbocycles. The van der Waals surface area contributed by atoms with Crippen molar-refractivity contribution in [3.63, 3.8) is 0 Å². The normalized spacial score (nSPS) is 10.7.